The van der Waals surface area contributed by atoms with Gasteiger partial charge in [-0.1, -0.05) is 27.2 Å². The van der Waals surface area contributed by atoms with E-state index in [2.05, 4.69) is 19.2 Å². The topological polar surface area (TPSA) is 75.3 Å². The van der Waals surface area contributed by atoms with Crippen LogP contribution in [-0.4, -0.2) is 29.7 Å². The van der Waals surface area contributed by atoms with E-state index in [1.54, 1.807) is 0 Å². The zero-order valence-corrected chi connectivity index (χ0v) is 12.6. The molecule has 112 valence electrons. The molecule has 0 radical (unpaired) electrons. The fraction of sp³-hybridized carbons (Fsp3) is 0.933. The normalized spacial score (nSPS) is 27.1. The quantitative estimate of drug-likeness (QED) is 0.687. The van der Waals surface area contributed by atoms with E-state index in [4.69, 9.17) is 5.73 Å². The van der Waals surface area contributed by atoms with Crippen molar-refractivity contribution in [2.75, 3.05) is 6.61 Å². The van der Waals surface area contributed by atoms with Crippen molar-refractivity contribution in [2.24, 2.45) is 23.5 Å². The van der Waals surface area contributed by atoms with Gasteiger partial charge in [-0.3, -0.25) is 4.79 Å². The van der Waals surface area contributed by atoms with Gasteiger partial charge in [0.25, 0.3) is 0 Å². The van der Waals surface area contributed by atoms with Crippen molar-refractivity contribution in [1.82, 2.24) is 5.32 Å². The second-order valence-corrected chi connectivity index (χ2v) is 6.49. The first-order valence-corrected chi connectivity index (χ1v) is 7.60. The Hall–Kier alpha value is -0.610. The summed E-state index contributed by atoms with van der Waals surface area (Å²) in [6.45, 7) is 6.19. The number of nitrogens with one attached hydrogen (secondary N) is 1. The molecule has 0 aromatic heterocycles. The molecule has 1 fully saturated rings. The minimum Gasteiger partial charge on any atom is -0.394 e. The first-order chi connectivity index (χ1) is 8.93. The Bertz CT molecular complexity index is 281. The Morgan fingerprint density at radius 2 is 2.05 bits per heavy atom. The Morgan fingerprint density at radius 3 is 2.58 bits per heavy atom. The number of aliphatic hydroxyl groups is 1. The van der Waals surface area contributed by atoms with Gasteiger partial charge in [0.05, 0.1) is 12.6 Å². The number of carbonyl (C=O) groups is 1. The van der Waals surface area contributed by atoms with Gasteiger partial charge in [0.1, 0.15) is 0 Å². The zero-order valence-electron chi connectivity index (χ0n) is 12.6. The van der Waals surface area contributed by atoms with Gasteiger partial charge in [-0.15, -0.1) is 0 Å². The molecule has 0 heterocycles. The third-order valence-electron chi connectivity index (χ3n) is 4.20. The van der Waals surface area contributed by atoms with Crippen molar-refractivity contribution in [2.45, 2.75) is 65.0 Å². The number of rotatable bonds is 6. The van der Waals surface area contributed by atoms with Gasteiger partial charge in [-0.2, -0.15) is 0 Å². The first kappa shape index (κ1) is 16.4. The molecule has 1 amide bonds. The van der Waals surface area contributed by atoms with Gasteiger partial charge in [0.15, 0.2) is 0 Å². The van der Waals surface area contributed by atoms with E-state index in [0.29, 0.717) is 11.8 Å². The summed E-state index contributed by atoms with van der Waals surface area (Å²) in [7, 11) is 0. The number of amides is 1. The molecule has 0 aromatic carbocycles. The van der Waals surface area contributed by atoms with Crippen LogP contribution in [0, 0.1) is 17.8 Å². The molecule has 0 spiro atoms. The molecule has 1 rings (SSSR count). The summed E-state index contributed by atoms with van der Waals surface area (Å²) < 4.78 is 0. The highest BCUT2D eigenvalue weighted by atomic mass is 16.3. The fourth-order valence-electron chi connectivity index (χ4n) is 3.02. The summed E-state index contributed by atoms with van der Waals surface area (Å²) in [6.07, 6.45) is 5.06. The summed E-state index contributed by atoms with van der Waals surface area (Å²) in [5.41, 5.74) is 5.98. The third-order valence-corrected chi connectivity index (χ3v) is 4.20. The van der Waals surface area contributed by atoms with Crippen LogP contribution < -0.4 is 11.1 Å². The van der Waals surface area contributed by atoms with Gasteiger partial charge in [0, 0.05) is 12.0 Å². The maximum Gasteiger partial charge on any atom is 0.223 e. The molecule has 4 atom stereocenters. The zero-order chi connectivity index (χ0) is 14.4. The first-order valence-electron chi connectivity index (χ1n) is 7.60. The van der Waals surface area contributed by atoms with Gasteiger partial charge >= 0.3 is 0 Å². The van der Waals surface area contributed by atoms with Crippen molar-refractivity contribution in [1.29, 1.82) is 0 Å². The molecule has 4 heteroatoms. The lowest BCUT2D eigenvalue weighted by Gasteiger charge is -2.31. The molecule has 0 saturated heterocycles. The Balaban J connectivity index is 2.46. The van der Waals surface area contributed by atoms with Crippen LogP contribution in [-0.2, 0) is 4.79 Å². The second kappa shape index (κ2) is 7.85. The van der Waals surface area contributed by atoms with Crippen molar-refractivity contribution in [3.05, 3.63) is 0 Å². The highest BCUT2D eigenvalue weighted by molar-refractivity contribution is 5.78. The predicted molar refractivity (Wildman–Crippen MR) is 77.6 cm³/mol. The number of aliphatic hydroxyl groups excluding tert-OH is 1. The summed E-state index contributed by atoms with van der Waals surface area (Å²) in [4.78, 5) is 12.2. The van der Waals surface area contributed by atoms with Crippen LogP contribution in [0.2, 0.25) is 0 Å². The van der Waals surface area contributed by atoms with E-state index in [9.17, 15) is 9.90 Å². The summed E-state index contributed by atoms with van der Waals surface area (Å²) in [5, 5.41) is 12.3. The standard InChI is InChI=1S/C15H30N2O2/c1-10(2)7-14(9-18)17-15(19)11(3)12-5-4-6-13(16)8-12/h10-14,18H,4-9,16H2,1-3H3,(H,17,19). The van der Waals surface area contributed by atoms with Crippen molar-refractivity contribution in [3.8, 4) is 0 Å². The van der Waals surface area contributed by atoms with Crippen LogP contribution in [0.15, 0.2) is 0 Å². The average molecular weight is 270 g/mol. The molecule has 4 N–H and O–H groups in total. The third kappa shape index (κ3) is 5.49. The molecule has 0 aliphatic heterocycles. The molecule has 0 aromatic rings. The number of carbonyl (C=O) groups excluding carboxylic acids is 1. The van der Waals surface area contributed by atoms with E-state index in [-0.39, 0.29) is 30.5 Å². The minimum absolute atomic E-state index is 0.00689. The highest BCUT2D eigenvalue weighted by Crippen LogP contribution is 2.29. The highest BCUT2D eigenvalue weighted by Gasteiger charge is 2.29. The Kier molecular flexibility index (Phi) is 6.80. The van der Waals surface area contributed by atoms with Crippen LogP contribution in [0.3, 0.4) is 0 Å². The van der Waals surface area contributed by atoms with E-state index >= 15 is 0 Å². The minimum atomic E-state index is -0.118. The van der Waals surface area contributed by atoms with E-state index < -0.39 is 0 Å². The van der Waals surface area contributed by atoms with Crippen LogP contribution in [0.4, 0.5) is 0 Å². The lowest BCUT2D eigenvalue weighted by Crippen LogP contribution is -2.44. The van der Waals surface area contributed by atoms with Gasteiger partial charge in [0.2, 0.25) is 5.91 Å². The molecule has 1 aliphatic carbocycles. The monoisotopic (exact) mass is 270 g/mol. The summed E-state index contributed by atoms with van der Waals surface area (Å²) in [6, 6.07) is 0.130. The second-order valence-electron chi connectivity index (χ2n) is 6.49. The van der Waals surface area contributed by atoms with Crippen LogP contribution >= 0.6 is 0 Å². The predicted octanol–water partition coefficient (Wildman–Crippen LogP) is 1.66. The molecule has 4 nitrogen and oxygen atoms in total. The van der Waals surface area contributed by atoms with Crippen LogP contribution in [0.1, 0.15) is 52.9 Å². The van der Waals surface area contributed by atoms with E-state index in [0.717, 1.165) is 32.1 Å². The van der Waals surface area contributed by atoms with E-state index in [1.807, 2.05) is 6.92 Å². The fourth-order valence-corrected chi connectivity index (χ4v) is 3.02. The Morgan fingerprint density at radius 1 is 1.37 bits per heavy atom. The van der Waals surface area contributed by atoms with Gasteiger partial charge in [-0.25, -0.2) is 0 Å². The van der Waals surface area contributed by atoms with Crippen molar-refractivity contribution >= 4 is 5.91 Å². The maximum atomic E-state index is 12.2. The SMILES string of the molecule is CC(C)CC(CO)NC(=O)C(C)C1CCCC(N)C1. The average Bonchev–Trinajstić information content (AvgIpc) is 2.36. The molecule has 0 bridgehead atoms. The summed E-state index contributed by atoms with van der Waals surface area (Å²) in [5.74, 6) is 0.921. The number of hydrogen-bond donors (Lipinski definition) is 3. The molecule has 19 heavy (non-hydrogen) atoms. The maximum absolute atomic E-state index is 12.2. The lowest BCUT2D eigenvalue weighted by molar-refractivity contribution is -0.127. The smallest absolute Gasteiger partial charge is 0.223 e. The number of nitrogens with two attached hydrogens (primary N) is 1. The van der Waals surface area contributed by atoms with Gasteiger partial charge in [-0.05, 0) is 37.5 Å². The molecular formula is C15H30N2O2. The molecule has 4 unspecified atom stereocenters. The Labute approximate surface area is 117 Å². The lowest BCUT2D eigenvalue weighted by atomic mass is 9.78. The molecule has 1 saturated carbocycles. The molecule has 1 aliphatic rings. The van der Waals surface area contributed by atoms with Gasteiger partial charge < -0.3 is 16.2 Å². The molecular weight excluding hydrogens is 240 g/mol. The van der Waals surface area contributed by atoms with Crippen molar-refractivity contribution < 1.29 is 9.90 Å². The summed E-state index contributed by atoms with van der Waals surface area (Å²) >= 11 is 0. The van der Waals surface area contributed by atoms with E-state index in [1.165, 1.54) is 0 Å². The van der Waals surface area contributed by atoms with Crippen molar-refractivity contribution in [3.63, 3.8) is 0 Å². The number of hydrogen-bond acceptors (Lipinski definition) is 3. The van der Waals surface area contributed by atoms with Crippen LogP contribution in [0.25, 0.3) is 0 Å². The largest absolute Gasteiger partial charge is 0.394 e. The van der Waals surface area contributed by atoms with Crippen LogP contribution in [0.5, 0.6) is 0 Å².